The van der Waals surface area contributed by atoms with Crippen LogP contribution in [0.15, 0.2) is 60.7 Å². The topological polar surface area (TPSA) is 93.1 Å². The molecule has 0 aromatic heterocycles. The van der Waals surface area contributed by atoms with Crippen LogP contribution in [-0.4, -0.2) is 34.4 Å². The number of para-hydroxylation sites is 1. The zero-order valence-electron chi connectivity index (χ0n) is 16.1. The van der Waals surface area contributed by atoms with Gasteiger partial charge in [-0.25, -0.2) is 0 Å². The molecule has 0 unspecified atom stereocenters. The lowest BCUT2D eigenvalue weighted by Crippen LogP contribution is -2.36. The van der Waals surface area contributed by atoms with Crippen LogP contribution in [0.5, 0.6) is 5.75 Å². The highest BCUT2D eigenvalue weighted by Crippen LogP contribution is 2.29. The van der Waals surface area contributed by atoms with Crippen molar-refractivity contribution in [1.29, 1.82) is 0 Å². The zero-order valence-corrected chi connectivity index (χ0v) is 16.1. The fraction of sp³-hybridized carbons (Fsp3) is 0.391. The molecule has 2 N–H and O–H groups in total. The molecule has 0 radical (unpaired) electrons. The van der Waals surface area contributed by atoms with E-state index in [1.807, 2.05) is 48.6 Å². The summed E-state index contributed by atoms with van der Waals surface area (Å²) in [4.78, 5) is 22.6. The second kappa shape index (κ2) is 10.2. The Morgan fingerprint density at radius 2 is 2.10 bits per heavy atom. The van der Waals surface area contributed by atoms with E-state index in [0.29, 0.717) is 31.6 Å². The predicted molar refractivity (Wildman–Crippen MR) is 107 cm³/mol. The molecule has 6 heteroatoms. The average molecular weight is 398 g/mol. The number of carbonyl (C=O) groups is 2. The Kier molecular flexibility index (Phi) is 7.38. The van der Waals surface area contributed by atoms with Gasteiger partial charge in [-0.1, -0.05) is 48.6 Å². The summed E-state index contributed by atoms with van der Waals surface area (Å²) in [5, 5.41) is 19.1. The molecule has 0 fully saturated rings. The van der Waals surface area contributed by atoms with Gasteiger partial charge < -0.3 is 19.7 Å². The van der Waals surface area contributed by atoms with Crippen molar-refractivity contribution >= 4 is 11.8 Å². The van der Waals surface area contributed by atoms with Crippen molar-refractivity contribution in [2.24, 2.45) is 11.8 Å². The molecule has 1 aliphatic carbocycles. The Morgan fingerprint density at radius 1 is 1.28 bits per heavy atom. The lowest BCUT2D eigenvalue weighted by Gasteiger charge is -2.28. The SMILES string of the molecule is O=C(O)CCC/C=C\C[C@H]1C(=O)C=C[C@@H]1/C=C/[C@H](O)[C@@H]1OCc2ccccc2O1. The Morgan fingerprint density at radius 3 is 2.93 bits per heavy atom. The fourth-order valence-electron chi connectivity index (χ4n) is 3.43. The molecule has 1 aromatic carbocycles. The summed E-state index contributed by atoms with van der Waals surface area (Å²) in [6.45, 7) is 0.378. The van der Waals surface area contributed by atoms with Crippen molar-refractivity contribution in [1.82, 2.24) is 0 Å². The van der Waals surface area contributed by atoms with E-state index >= 15 is 0 Å². The highest BCUT2D eigenvalue weighted by atomic mass is 16.7. The third kappa shape index (κ3) is 5.89. The molecule has 29 heavy (non-hydrogen) atoms. The maximum atomic E-state index is 12.1. The number of hydrogen-bond donors (Lipinski definition) is 2. The molecule has 2 aliphatic rings. The standard InChI is InChI=1S/C23H26O6/c24-19-13-11-16(18(19)8-3-1-2-4-10-22(26)27)12-14-20(25)23-28-15-17-7-5-6-9-21(17)29-23/h1,3,5-7,9,11-14,16,18,20,23,25H,2,4,8,10,15H2,(H,26,27)/b3-1-,14-12+/t16-,18-,20+,23-/m1/s1. The number of rotatable bonds is 9. The third-order valence-electron chi connectivity index (χ3n) is 5.06. The summed E-state index contributed by atoms with van der Waals surface area (Å²) >= 11 is 0. The van der Waals surface area contributed by atoms with Crippen molar-refractivity contribution < 1.29 is 29.3 Å². The van der Waals surface area contributed by atoms with E-state index < -0.39 is 18.4 Å². The van der Waals surface area contributed by atoms with Gasteiger partial charge in [-0.05, 0) is 31.4 Å². The number of aliphatic carboxylic acids is 1. The maximum absolute atomic E-state index is 12.1. The second-order valence-corrected chi connectivity index (χ2v) is 7.22. The molecule has 3 rings (SSSR count). The molecule has 6 nitrogen and oxygen atoms in total. The highest BCUT2D eigenvalue weighted by Gasteiger charge is 2.29. The number of benzene rings is 1. The molecule has 1 aliphatic heterocycles. The monoisotopic (exact) mass is 398 g/mol. The van der Waals surface area contributed by atoms with E-state index in [1.165, 1.54) is 0 Å². The number of aliphatic hydroxyl groups excluding tert-OH is 1. The molecule has 0 amide bonds. The zero-order chi connectivity index (χ0) is 20.6. The van der Waals surface area contributed by atoms with Crippen LogP contribution in [0.25, 0.3) is 0 Å². The van der Waals surface area contributed by atoms with Gasteiger partial charge in [-0.2, -0.15) is 0 Å². The van der Waals surface area contributed by atoms with Crippen molar-refractivity contribution in [3.63, 3.8) is 0 Å². The van der Waals surface area contributed by atoms with E-state index in [4.69, 9.17) is 14.6 Å². The van der Waals surface area contributed by atoms with Gasteiger partial charge in [0.15, 0.2) is 5.78 Å². The van der Waals surface area contributed by atoms with E-state index in [1.54, 1.807) is 12.2 Å². The highest BCUT2D eigenvalue weighted by molar-refractivity contribution is 5.95. The number of fused-ring (bicyclic) bond motifs is 1. The lowest BCUT2D eigenvalue weighted by molar-refractivity contribution is -0.152. The van der Waals surface area contributed by atoms with Gasteiger partial charge in [0.25, 0.3) is 0 Å². The molecule has 0 saturated heterocycles. The van der Waals surface area contributed by atoms with Crippen molar-refractivity contribution in [3.8, 4) is 5.75 Å². The lowest BCUT2D eigenvalue weighted by atomic mass is 9.90. The minimum absolute atomic E-state index is 0.0587. The number of hydrogen-bond acceptors (Lipinski definition) is 5. The predicted octanol–water partition coefficient (Wildman–Crippen LogP) is 3.41. The van der Waals surface area contributed by atoms with Crippen LogP contribution in [0.4, 0.5) is 0 Å². The first-order valence-electron chi connectivity index (χ1n) is 9.86. The molecule has 0 bridgehead atoms. The van der Waals surface area contributed by atoms with Crippen LogP contribution in [0.3, 0.4) is 0 Å². The molecular weight excluding hydrogens is 372 g/mol. The summed E-state index contributed by atoms with van der Waals surface area (Å²) in [6.07, 6.45) is 11.0. The Labute approximate surface area is 170 Å². The van der Waals surface area contributed by atoms with Gasteiger partial charge in [0.1, 0.15) is 11.9 Å². The van der Waals surface area contributed by atoms with Crippen LogP contribution >= 0.6 is 0 Å². The summed E-state index contributed by atoms with van der Waals surface area (Å²) < 4.78 is 11.3. The van der Waals surface area contributed by atoms with Gasteiger partial charge in [0.2, 0.25) is 6.29 Å². The van der Waals surface area contributed by atoms with Crippen LogP contribution in [0, 0.1) is 11.8 Å². The largest absolute Gasteiger partial charge is 0.481 e. The summed E-state index contributed by atoms with van der Waals surface area (Å²) in [6, 6.07) is 7.55. The Bertz CT molecular complexity index is 809. The first-order chi connectivity index (χ1) is 14.0. The number of ketones is 1. The molecule has 1 aromatic rings. The number of carboxylic acids is 1. The van der Waals surface area contributed by atoms with Crippen LogP contribution < -0.4 is 4.74 Å². The number of ether oxygens (including phenoxy) is 2. The van der Waals surface area contributed by atoms with Gasteiger partial charge in [-0.15, -0.1) is 0 Å². The molecule has 1 heterocycles. The maximum Gasteiger partial charge on any atom is 0.303 e. The summed E-state index contributed by atoms with van der Waals surface area (Å²) in [7, 11) is 0. The molecule has 0 spiro atoms. The van der Waals surface area contributed by atoms with Gasteiger partial charge in [-0.3, -0.25) is 9.59 Å². The first-order valence-corrected chi connectivity index (χ1v) is 9.86. The normalized spacial score (nSPS) is 24.7. The Balaban J connectivity index is 1.50. The summed E-state index contributed by atoms with van der Waals surface area (Å²) in [5.41, 5.74) is 0.944. The Hall–Kier alpha value is -2.70. The van der Waals surface area contributed by atoms with E-state index in [9.17, 15) is 14.7 Å². The third-order valence-corrected chi connectivity index (χ3v) is 5.06. The summed E-state index contributed by atoms with van der Waals surface area (Å²) in [5.74, 6) is -0.340. The molecule has 0 saturated carbocycles. The van der Waals surface area contributed by atoms with Crippen LogP contribution in [0.2, 0.25) is 0 Å². The average Bonchev–Trinajstić information content (AvgIpc) is 3.07. The van der Waals surface area contributed by atoms with Gasteiger partial charge in [0.05, 0.1) is 6.61 Å². The van der Waals surface area contributed by atoms with Crippen LogP contribution in [0.1, 0.15) is 31.2 Å². The van der Waals surface area contributed by atoms with E-state index in [0.717, 1.165) is 5.56 Å². The van der Waals surface area contributed by atoms with Crippen molar-refractivity contribution in [3.05, 3.63) is 66.3 Å². The minimum Gasteiger partial charge on any atom is -0.481 e. The number of unbranched alkanes of at least 4 members (excludes halogenated alkanes) is 1. The second-order valence-electron chi connectivity index (χ2n) is 7.22. The van der Waals surface area contributed by atoms with Gasteiger partial charge >= 0.3 is 5.97 Å². The molecule has 4 atom stereocenters. The van der Waals surface area contributed by atoms with E-state index in [-0.39, 0.29) is 24.0 Å². The van der Waals surface area contributed by atoms with Crippen molar-refractivity contribution in [2.75, 3.05) is 0 Å². The fourth-order valence-corrected chi connectivity index (χ4v) is 3.43. The number of carbonyl (C=O) groups excluding carboxylic acids is 1. The number of allylic oxidation sites excluding steroid dienone is 5. The van der Waals surface area contributed by atoms with Crippen LogP contribution in [-0.2, 0) is 20.9 Å². The van der Waals surface area contributed by atoms with Crippen molar-refractivity contribution in [2.45, 2.75) is 44.7 Å². The van der Waals surface area contributed by atoms with Gasteiger partial charge in [0, 0.05) is 23.8 Å². The smallest absolute Gasteiger partial charge is 0.303 e. The quantitative estimate of drug-likeness (QED) is 0.489. The number of carboxylic acid groups (broad SMARTS) is 1. The minimum atomic E-state index is -0.945. The number of aliphatic hydroxyl groups is 1. The molecule has 154 valence electrons. The first kappa shape index (κ1) is 21.0. The molecular formula is C23H26O6. The van der Waals surface area contributed by atoms with E-state index in [2.05, 4.69) is 0 Å².